The van der Waals surface area contributed by atoms with E-state index in [0.29, 0.717) is 0 Å². The first-order valence-electron chi connectivity index (χ1n) is 6.04. The summed E-state index contributed by atoms with van der Waals surface area (Å²) in [6.07, 6.45) is 2.23. The maximum Gasteiger partial charge on any atom is 0.322 e. The van der Waals surface area contributed by atoms with Crippen LogP contribution in [0.4, 0.5) is 0 Å². The fourth-order valence-corrected chi connectivity index (χ4v) is 3.26. The topological polar surface area (TPSA) is 75.3 Å². The van der Waals surface area contributed by atoms with Crippen molar-refractivity contribution in [1.82, 2.24) is 5.32 Å². The summed E-state index contributed by atoms with van der Waals surface area (Å²) in [6.45, 7) is 0. The molecule has 2 rings (SSSR count). The van der Waals surface area contributed by atoms with Crippen LogP contribution in [0.2, 0.25) is 0 Å². The van der Waals surface area contributed by atoms with Crippen molar-refractivity contribution in [3.05, 3.63) is 29.3 Å². The van der Waals surface area contributed by atoms with Gasteiger partial charge in [-0.25, -0.2) is 0 Å². The number of nitrogens with one attached hydrogen (secondary N) is 1. The van der Waals surface area contributed by atoms with E-state index in [0.717, 1.165) is 17.7 Å². The number of rotatable bonds is 4. The van der Waals surface area contributed by atoms with Crippen molar-refractivity contribution in [2.24, 2.45) is 5.73 Å². The van der Waals surface area contributed by atoms with Crippen LogP contribution in [-0.2, 0) is 11.2 Å². The Bertz CT molecular complexity index is 451. The number of aryl methyl sites for hydroxylation is 1. The van der Waals surface area contributed by atoms with Crippen molar-refractivity contribution in [1.29, 1.82) is 0 Å². The average molecular weight is 266 g/mol. The SMILES string of the molecule is CNC(C(=O)O)C(N)c1ccc2c(c1)CCCS2. The van der Waals surface area contributed by atoms with Crippen LogP contribution in [0.25, 0.3) is 0 Å². The minimum absolute atomic E-state index is 0.523. The molecule has 5 heteroatoms. The van der Waals surface area contributed by atoms with E-state index in [1.165, 1.54) is 16.9 Å². The van der Waals surface area contributed by atoms with Gasteiger partial charge in [0.15, 0.2) is 0 Å². The van der Waals surface area contributed by atoms with Gasteiger partial charge in [-0.05, 0) is 42.8 Å². The lowest BCUT2D eigenvalue weighted by atomic mass is 9.97. The van der Waals surface area contributed by atoms with Gasteiger partial charge in [-0.15, -0.1) is 11.8 Å². The third-order valence-corrected chi connectivity index (χ3v) is 4.46. The minimum Gasteiger partial charge on any atom is -0.480 e. The van der Waals surface area contributed by atoms with Gasteiger partial charge in [0.05, 0.1) is 6.04 Å². The molecule has 0 saturated carbocycles. The second kappa shape index (κ2) is 5.73. The van der Waals surface area contributed by atoms with E-state index >= 15 is 0 Å². The van der Waals surface area contributed by atoms with Crippen LogP contribution in [0, 0.1) is 0 Å². The first kappa shape index (κ1) is 13.4. The molecule has 98 valence electrons. The normalized spacial score (nSPS) is 17.9. The Balaban J connectivity index is 2.25. The molecule has 0 spiro atoms. The Morgan fingerprint density at radius 1 is 1.56 bits per heavy atom. The van der Waals surface area contributed by atoms with Gasteiger partial charge in [0.1, 0.15) is 6.04 Å². The summed E-state index contributed by atoms with van der Waals surface area (Å²) >= 11 is 1.86. The predicted octanol–water partition coefficient (Wildman–Crippen LogP) is 1.40. The highest BCUT2D eigenvalue weighted by Crippen LogP contribution is 2.31. The van der Waals surface area contributed by atoms with Crippen molar-refractivity contribution in [2.75, 3.05) is 12.8 Å². The average Bonchev–Trinajstić information content (AvgIpc) is 2.38. The first-order chi connectivity index (χ1) is 8.63. The Hall–Kier alpha value is -1.04. The smallest absolute Gasteiger partial charge is 0.322 e. The molecule has 18 heavy (non-hydrogen) atoms. The standard InChI is InChI=1S/C13H18N2O2S/c1-15-12(13(16)17)11(14)9-4-5-10-8(7-9)3-2-6-18-10/h4-5,7,11-12,15H,2-3,6,14H2,1H3,(H,16,17). The number of fused-ring (bicyclic) bond motifs is 1. The maximum absolute atomic E-state index is 11.1. The minimum atomic E-state index is -0.919. The molecule has 0 aliphatic carbocycles. The quantitative estimate of drug-likeness (QED) is 0.768. The number of nitrogens with two attached hydrogens (primary N) is 1. The second-order valence-corrected chi connectivity index (χ2v) is 5.59. The molecule has 1 heterocycles. The van der Waals surface area contributed by atoms with Gasteiger partial charge in [-0.3, -0.25) is 4.79 Å². The number of likely N-dealkylation sites (N-methyl/N-ethyl adjacent to an activating group) is 1. The summed E-state index contributed by atoms with van der Waals surface area (Å²) < 4.78 is 0. The van der Waals surface area contributed by atoms with Crippen molar-refractivity contribution in [3.63, 3.8) is 0 Å². The summed E-state index contributed by atoms with van der Waals surface area (Å²) in [4.78, 5) is 12.4. The third-order valence-electron chi connectivity index (χ3n) is 3.25. The summed E-state index contributed by atoms with van der Waals surface area (Å²) in [7, 11) is 1.62. The highest BCUT2D eigenvalue weighted by Gasteiger charge is 2.25. The lowest BCUT2D eigenvalue weighted by Gasteiger charge is -2.22. The largest absolute Gasteiger partial charge is 0.480 e. The van der Waals surface area contributed by atoms with E-state index in [-0.39, 0.29) is 0 Å². The molecule has 0 aromatic heterocycles. The molecule has 0 saturated heterocycles. The van der Waals surface area contributed by atoms with E-state index in [9.17, 15) is 4.79 Å². The first-order valence-corrected chi connectivity index (χ1v) is 7.03. The zero-order valence-electron chi connectivity index (χ0n) is 10.3. The molecule has 1 aromatic carbocycles. The number of carboxylic acids is 1. The summed E-state index contributed by atoms with van der Waals surface area (Å²) in [5.41, 5.74) is 8.21. The van der Waals surface area contributed by atoms with Crippen LogP contribution in [0.1, 0.15) is 23.6 Å². The van der Waals surface area contributed by atoms with Crippen LogP contribution in [0.3, 0.4) is 0 Å². The molecular weight excluding hydrogens is 248 g/mol. The van der Waals surface area contributed by atoms with Crippen LogP contribution < -0.4 is 11.1 Å². The van der Waals surface area contributed by atoms with E-state index in [2.05, 4.69) is 17.4 Å². The zero-order chi connectivity index (χ0) is 13.1. The van der Waals surface area contributed by atoms with Gasteiger partial charge >= 0.3 is 5.97 Å². The molecule has 0 amide bonds. The third kappa shape index (κ3) is 2.68. The Morgan fingerprint density at radius 3 is 3.00 bits per heavy atom. The van der Waals surface area contributed by atoms with E-state index in [1.807, 2.05) is 17.8 Å². The fraction of sp³-hybridized carbons (Fsp3) is 0.462. The van der Waals surface area contributed by atoms with Gasteiger partial charge in [0.25, 0.3) is 0 Å². The number of hydrogen-bond acceptors (Lipinski definition) is 4. The molecule has 0 bridgehead atoms. The molecule has 1 aliphatic rings. The number of hydrogen-bond donors (Lipinski definition) is 3. The number of aliphatic carboxylic acids is 1. The molecular formula is C13H18N2O2S. The van der Waals surface area contributed by atoms with Gasteiger partial charge < -0.3 is 16.2 Å². The van der Waals surface area contributed by atoms with Gasteiger partial charge in [0.2, 0.25) is 0 Å². The number of thioether (sulfide) groups is 1. The second-order valence-electron chi connectivity index (χ2n) is 4.45. The van der Waals surface area contributed by atoms with E-state index in [1.54, 1.807) is 7.05 Å². The number of carbonyl (C=O) groups is 1. The highest BCUT2D eigenvalue weighted by atomic mass is 32.2. The number of benzene rings is 1. The Kier molecular flexibility index (Phi) is 4.27. The predicted molar refractivity (Wildman–Crippen MR) is 72.9 cm³/mol. The van der Waals surface area contributed by atoms with Gasteiger partial charge in [0, 0.05) is 4.90 Å². The van der Waals surface area contributed by atoms with Crippen LogP contribution in [-0.4, -0.2) is 29.9 Å². The van der Waals surface area contributed by atoms with E-state index in [4.69, 9.17) is 10.8 Å². The summed E-state index contributed by atoms with van der Waals surface area (Å²) in [5.74, 6) is 0.240. The van der Waals surface area contributed by atoms with Crippen molar-refractivity contribution < 1.29 is 9.90 Å². The molecule has 1 aromatic rings. The van der Waals surface area contributed by atoms with Crippen molar-refractivity contribution in [2.45, 2.75) is 29.8 Å². The number of carboxylic acid groups (broad SMARTS) is 1. The van der Waals surface area contributed by atoms with Gasteiger partial charge in [-0.2, -0.15) is 0 Å². The van der Waals surface area contributed by atoms with Gasteiger partial charge in [-0.1, -0.05) is 12.1 Å². The molecule has 4 N–H and O–H groups in total. The summed E-state index contributed by atoms with van der Waals surface area (Å²) in [6, 6.07) is 4.78. The van der Waals surface area contributed by atoms with Crippen LogP contribution in [0.15, 0.2) is 23.1 Å². The van der Waals surface area contributed by atoms with E-state index < -0.39 is 18.1 Å². The lowest BCUT2D eigenvalue weighted by Crippen LogP contribution is -2.43. The monoisotopic (exact) mass is 266 g/mol. The molecule has 2 unspecified atom stereocenters. The lowest BCUT2D eigenvalue weighted by molar-refractivity contribution is -0.139. The molecule has 0 radical (unpaired) electrons. The summed E-state index contributed by atoms with van der Waals surface area (Å²) in [5, 5.41) is 11.8. The van der Waals surface area contributed by atoms with Crippen molar-refractivity contribution in [3.8, 4) is 0 Å². The zero-order valence-corrected chi connectivity index (χ0v) is 11.2. The highest BCUT2D eigenvalue weighted by molar-refractivity contribution is 7.99. The molecule has 4 nitrogen and oxygen atoms in total. The Morgan fingerprint density at radius 2 is 2.33 bits per heavy atom. The molecule has 1 aliphatic heterocycles. The van der Waals surface area contributed by atoms with Crippen molar-refractivity contribution >= 4 is 17.7 Å². The van der Waals surface area contributed by atoms with Crippen LogP contribution >= 0.6 is 11.8 Å². The van der Waals surface area contributed by atoms with Crippen LogP contribution in [0.5, 0.6) is 0 Å². The maximum atomic E-state index is 11.1. The molecule has 2 atom stereocenters. The Labute approximate surface area is 111 Å². The molecule has 0 fully saturated rings. The fourth-order valence-electron chi connectivity index (χ4n) is 2.24.